The Morgan fingerprint density at radius 2 is 2.26 bits per heavy atom. The van der Waals surface area contributed by atoms with Gasteiger partial charge in [-0.05, 0) is 11.6 Å². The number of phenolic OH excluding ortho intramolecular Hbond substituents is 1. The first kappa shape index (κ1) is 15.0. The molecule has 0 saturated heterocycles. The maximum atomic E-state index is 11.9. The van der Waals surface area contributed by atoms with E-state index in [2.05, 4.69) is 9.97 Å². The average Bonchev–Trinajstić information content (AvgIpc) is 2.49. The largest absolute Gasteiger partial charge is 0.502 e. The Labute approximate surface area is 130 Å². The minimum absolute atomic E-state index is 0.108. The first-order valence-electron chi connectivity index (χ1n) is 7.00. The highest BCUT2D eigenvalue weighted by Gasteiger charge is 2.22. The second kappa shape index (κ2) is 5.69. The fraction of sp³-hybridized carbons (Fsp3) is 0.286. The summed E-state index contributed by atoms with van der Waals surface area (Å²) in [6.07, 6.45) is 0.587. The lowest BCUT2D eigenvalue weighted by atomic mass is 10.1. The summed E-state index contributed by atoms with van der Waals surface area (Å²) >= 11 is 0. The number of anilines is 1. The Hall–Kier alpha value is -2.94. The number of nitrogens with two attached hydrogens (primary N) is 1. The van der Waals surface area contributed by atoms with E-state index in [9.17, 15) is 20.0 Å². The van der Waals surface area contributed by atoms with Gasteiger partial charge >= 0.3 is 5.69 Å². The molecular formula is C14H15N5O4. The van der Waals surface area contributed by atoms with Crippen LogP contribution in [0.1, 0.15) is 16.8 Å². The van der Waals surface area contributed by atoms with Gasteiger partial charge < -0.3 is 10.8 Å². The van der Waals surface area contributed by atoms with E-state index >= 15 is 0 Å². The van der Waals surface area contributed by atoms with Gasteiger partial charge in [0.2, 0.25) is 5.95 Å². The highest BCUT2D eigenvalue weighted by molar-refractivity contribution is 5.47. The van der Waals surface area contributed by atoms with Gasteiger partial charge in [-0.25, -0.2) is 4.98 Å². The smallest absolute Gasteiger partial charge is 0.311 e. The van der Waals surface area contributed by atoms with Crippen molar-refractivity contribution in [2.45, 2.75) is 19.5 Å². The molecule has 2 aromatic rings. The predicted octanol–water partition coefficient (Wildman–Crippen LogP) is 0.524. The van der Waals surface area contributed by atoms with Crippen molar-refractivity contribution < 1.29 is 10.0 Å². The molecule has 0 spiro atoms. The lowest BCUT2D eigenvalue weighted by molar-refractivity contribution is -0.385. The molecular weight excluding hydrogens is 302 g/mol. The molecule has 0 unspecified atom stereocenters. The number of fused-ring (bicyclic) bond motifs is 1. The number of nitro groups is 1. The Balaban J connectivity index is 1.81. The third-order valence-corrected chi connectivity index (χ3v) is 3.81. The highest BCUT2D eigenvalue weighted by Crippen LogP contribution is 2.27. The first-order valence-corrected chi connectivity index (χ1v) is 7.00. The molecule has 4 N–H and O–H groups in total. The van der Waals surface area contributed by atoms with Crippen LogP contribution in [0.25, 0.3) is 0 Å². The van der Waals surface area contributed by atoms with Crippen molar-refractivity contribution in [3.05, 3.63) is 55.5 Å². The standard InChI is InChI=1S/C14H15N5O4/c15-14-16-10-3-4-18(7-9(10)13(21)17-14)6-8-1-2-12(20)11(5-8)19(22)23/h1-2,5,20H,3-4,6-7H2,(H3,15,16,17,21). The number of nitrogen functional groups attached to an aromatic ring is 1. The van der Waals surface area contributed by atoms with Crippen LogP contribution < -0.4 is 11.3 Å². The van der Waals surface area contributed by atoms with Crippen molar-refractivity contribution in [1.82, 2.24) is 14.9 Å². The monoisotopic (exact) mass is 317 g/mol. The number of nitro benzene ring substituents is 1. The highest BCUT2D eigenvalue weighted by atomic mass is 16.6. The van der Waals surface area contributed by atoms with Crippen molar-refractivity contribution in [3.8, 4) is 5.75 Å². The van der Waals surface area contributed by atoms with Gasteiger partial charge in [-0.15, -0.1) is 0 Å². The number of aromatic nitrogens is 2. The third-order valence-electron chi connectivity index (χ3n) is 3.81. The lowest BCUT2D eigenvalue weighted by Gasteiger charge is -2.27. The molecule has 120 valence electrons. The summed E-state index contributed by atoms with van der Waals surface area (Å²) in [5.41, 5.74) is 6.90. The van der Waals surface area contributed by atoms with E-state index in [1.165, 1.54) is 12.1 Å². The van der Waals surface area contributed by atoms with Crippen molar-refractivity contribution in [2.75, 3.05) is 12.3 Å². The molecule has 1 aromatic heterocycles. The third kappa shape index (κ3) is 2.99. The molecule has 0 amide bonds. The normalized spacial score (nSPS) is 14.4. The van der Waals surface area contributed by atoms with Crippen LogP contribution in [0.4, 0.5) is 11.6 Å². The number of nitrogens with zero attached hydrogens (tertiary/aromatic N) is 3. The molecule has 0 saturated carbocycles. The van der Waals surface area contributed by atoms with E-state index in [-0.39, 0.29) is 22.9 Å². The number of nitrogens with one attached hydrogen (secondary N) is 1. The number of aromatic amines is 1. The van der Waals surface area contributed by atoms with Crippen LogP contribution in [0.3, 0.4) is 0 Å². The molecule has 0 radical (unpaired) electrons. The van der Waals surface area contributed by atoms with Gasteiger partial charge in [0.15, 0.2) is 5.75 Å². The Morgan fingerprint density at radius 1 is 1.48 bits per heavy atom. The van der Waals surface area contributed by atoms with Crippen LogP contribution in [0.2, 0.25) is 0 Å². The molecule has 3 rings (SSSR count). The van der Waals surface area contributed by atoms with Crippen molar-refractivity contribution in [2.24, 2.45) is 0 Å². The van der Waals surface area contributed by atoms with Crippen LogP contribution in [0.15, 0.2) is 23.0 Å². The number of hydrogen-bond donors (Lipinski definition) is 3. The number of aromatic hydroxyl groups is 1. The van der Waals surface area contributed by atoms with E-state index in [1.54, 1.807) is 6.07 Å². The number of benzene rings is 1. The quantitative estimate of drug-likeness (QED) is 0.554. The van der Waals surface area contributed by atoms with E-state index in [0.29, 0.717) is 42.9 Å². The fourth-order valence-electron chi connectivity index (χ4n) is 2.71. The molecule has 0 aliphatic carbocycles. The second-order valence-corrected chi connectivity index (χ2v) is 5.42. The minimum Gasteiger partial charge on any atom is -0.502 e. The van der Waals surface area contributed by atoms with Gasteiger partial charge in [-0.3, -0.25) is 24.8 Å². The summed E-state index contributed by atoms with van der Waals surface area (Å²) < 4.78 is 0. The van der Waals surface area contributed by atoms with Crippen LogP contribution >= 0.6 is 0 Å². The zero-order chi connectivity index (χ0) is 16.6. The van der Waals surface area contributed by atoms with Gasteiger partial charge in [0.05, 0.1) is 16.2 Å². The van der Waals surface area contributed by atoms with Gasteiger partial charge in [-0.2, -0.15) is 0 Å². The molecule has 0 bridgehead atoms. The van der Waals surface area contributed by atoms with E-state index < -0.39 is 4.92 Å². The number of rotatable bonds is 3. The molecule has 2 heterocycles. The number of H-pyrrole nitrogens is 1. The van der Waals surface area contributed by atoms with E-state index in [1.807, 2.05) is 4.90 Å². The molecule has 1 aliphatic rings. The fourth-order valence-corrected chi connectivity index (χ4v) is 2.71. The zero-order valence-corrected chi connectivity index (χ0v) is 12.2. The summed E-state index contributed by atoms with van der Waals surface area (Å²) in [4.78, 5) is 30.8. The molecule has 23 heavy (non-hydrogen) atoms. The van der Waals surface area contributed by atoms with Crippen LogP contribution in [0.5, 0.6) is 5.75 Å². The van der Waals surface area contributed by atoms with Gasteiger partial charge in [0.25, 0.3) is 5.56 Å². The second-order valence-electron chi connectivity index (χ2n) is 5.42. The molecule has 1 aliphatic heterocycles. The SMILES string of the molecule is Nc1nc2c(c(=O)[nH]1)CN(Cc1ccc(O)c([N+](=O)[O-])c1)CC2. The number of hydrogen-bond acceptors (Lipinski definition) is 7. The van der Waals surface area contributed by atoms with Crippen molar-refractivity contribution >= 4 is 11.6 Å². The topological polar surface area (TPSA) is 138 Å². The molecule has 9 heteroatoms. The van der Waals surface area contributed by atoms with Gasteiger partial charge in [0.1, 0.15) is 0 Å². The van der Waals surface area contributed by atoms with Crippen molar-refractivity contribution in [1.29, 1.82) is 0 Å². The Bertz CT molecular complexity index is 832. The summed E-state index contributed by atoms with van der Waals surface area (Å²) in [7, 11) is 0. The zero-order valence-electron chi connectivity index (χ0n) is 12.2. The molecule has 9 nitrogen and oxygen atoms in total. The predicted molar refractivity (Wildman–Crippen MR) is 81.8 cm³/mol. The van der Waals surface area contributed by atoms with Gasteiger partial charge in [0, 0.05) is 32.1 Å². The summed E-state index contributed by atoms with van der Waals surface area (Å²) in [5.74, 6) is -0.254. The van der Waals surface area contributed by atoms with E-state index in [0.717, 1.165) is 0 Å². The van der Waals surface area contributed by atoms with Crippen LogP contribution in [-0.2, 0) is 19.5 Å². The molecule has 0 atom stereocenters. The van der Waals surface area contributed by atoms with Crippen LogP contribution in [0, 0.1) is 10.1 Å². The summed E-state index contributed by atoms with van der Waals surface area (Å²) in [6.45, 7) is 1.49. The van der Waals surface area contributed by atoms with E-state index in [4.69, 9.17) is 5.73 Å². The minimum atomic E-state index is -0.623. The molecule has 1 aromatic carbocycles. The van der Waals surface area contributed by atoms with Gasteiger partial charge in [-0.1, -0.05) is 6.07 Å². The lowest BCUT2D eigenvalue weighted by Crippen LogP contribution is -2.35. The Morgan fingerprint density at radius 3 is 3.00 bits per heavy atom. The maximum Gasteiger partial charge on any atom is 0.311 e. The summed E-state index contributed by atoms with van der Waals surface area (Å²) in [6, 6.07) is 4.28. The Kier molecular flexibility index (Phi) is 3.70. The first-order chi connectivity index (χ1) is 10.9. The van der Waals surface area contributed by atoms with Crippen LogP contribution in [-0.4, -0.2) is 31.4 Å². The van der Waals surface area contributed by atoms with Crippen molar-refractivity contribution in [3.63, 3.8) is 0 Å². The number of phenols is 1. The molecule has 0 fully saturated rings. The summed E-state index contributed by atoms with van der Waals surface area (Å²) in [5, 5.41) is 20.4. The maximum absolute atomic E-state index is 11.9. The average molecular weight is 317 g/mol.